The molecule has 1 heterocycles. The average Bonchev–Trinajstić information content (AvgIpc) is 2.30. The maximum atomic E-state index is 6.34. The number of benzene rings is 1. The molecule has 74 valence electrons. The quantitative estimate of drug-likeness (QED) is 0.747. The Morgan fingerprint density at radius 2 is 1.71 bits per heavy atom. The summed E-state index contributed by atoms with van der Waals surface area (Å²) < 4.78 is 0. The lowest BCUT2D eigenvalue weighted by Gasteiger charge is -2.17. The number of hydrogen-bond donors (Lipinski definition) is 1. The van der Waals surface area contributed by atoms with Crippen LogP contribution >= 0.6 is 11.6 Å². The van der Waals surface area contributed by atoms with E-state index in [4.69, 9.17) is 11.6 Å². The molecule has 0 spiro atoms. The van der Waals surface area contributed by atoms with Gasteiger partial charge in [-0.05, 0) is 37.1 Å². The standard InChI is InChI=1S/C12H14ClN/c13-12(10-4-2-1-3-5-10)11-6-8-14-9-7-11/h1-5,14H,6-9H2. The third kappa shape index (κ3) is 2.17. The Bertz CT molecular complexity index is 321. The molecule has 2 rings (SSSR count). The SMILES string of the molecule is ClC(=C1CCNCC1)c1ccccc1. The van der Waals surface area contributed by atoms with Crippen LogP contribution in [-0.2, 0) is 0 Å². The Kier molecular flexibility index (Phi) is 3.22. The zero-order chi connectivity index (χ0) is 9.80. The second-order valence-electron chi connectivity index (χ2n) is 3.53. The Hall–Kier alpha value is -0.790. The molecule has 0 amide bonds. The predicted molar refractivity (Wildman–Crippen MR) is 61.3 cm³/mol. The van der Waals surface area contributed by atoms with Gasteiger partial charge in [0.1, 0.15) is 0 Å². The van der Waals surface area contributed by atoms with Gasteiger partial charge in [-0.3, -0.25) is 0 Å². The van der Waals surface area contributed by atoms with E-state index in [-0.39, 0.29) is 0 Å². The number of nitrogens with one attached hydrogen (secondary N) is 1. The highest BCUT2D eigenvalue weighted by Crippen LogP contribution is 2.27. The van der Waals surface area contributed by atoms with Crippen molar-refractivity contribution in [3.63, 3.8) is 0 Å². The summed E-state index contributed by atoms with van der Waals surface area (Å²) >= 11 is 6.34. The van der Waals surface area contributed by atoms with Crippen LogP contribution in [0.5, 0.6) is 0 Å². The van der Waals surface area contributed by atoms with Crippen LogP contribution in [0, 0.1) is 0 Å². The first-order valence-electron chi connectivity index (χ1n) is 5.01. The van der Waals surface area contributed by atoms with Crippen molar-refractivity contribution < 1.29 is 0 Å². The second kappa shape index (κ2) is 4.63. The van der Waals surface area contributed by atoms with Gasteiger partial charge in [-0.25, -0.2) is 0 Å². The molecule has 1 fully saturated rings. The highest BCUT2D eigenvalue weighted by Gasteiger charge is 2.10. The predicted octanol–water partition coefficient (Wildman–Crippen LogP) is 3.02. The van der Waals surface area contributed by atoms with E-state index in [9.17, 15) is 0 Å². The van der Waals surface area contributed by atoms with Crippen molar-refractivity contribution in [2.75, 3.05) is 13.1 Å². The lowest BCUT2D eigenvalue weighted by molar-refractivity contribution is 0.612. The van der Waals surface area contributed by atoms with E-state index in [2.05, 4.69) is 17.4 Å². The minimum Gasteiger partial charge on any atom is -0.316 e. The third-order valence-electron chi connectivity index (χ3n) is 2.54. The molecule has 0 bridgehead atoms. The van der Waals surface area contributed by atoms with Crippen LogP contribution < -0.4 is 5.32 Å². The molecule has 1 N–H and O–H groups in total. The van der Waals surface area contributed by atoms with Crippen LogP contribution in [0.15, 0.2) is 35.9 Å². The van der Waals surface area contributed by atoms with Gasteiger partial charge in [0.25, 0.3) is 0 Å². The van der Waals surface area contributed by atoms with Gasteiger partial charge in [-0.1, -0.05) is 41.9 Å². The molecule has 14 heavy (non-hydrogen) atoms. The normalized spacial score (nSPS) is 16.8. The third-order valence-corrected chi connectivity index (χ3v) is 3.03. The summed E-state index contributed by atoms with van der Waals surface area (Å²) in [5.74, 6) is 0. The zero-order valence-corrected chi connectivity index (χ0v) is 8.85. The summed E-state index contributed by atoms with van der Waals surface area (Å²) in [4.78, 5) is 0. The van der Waals surface area contributed by atoms with Crippen molar-refractivity contribution in [2.45, 2.75) is 12.8 Å². The van der Waals surface area contributed by atoms with E-state index in [0.717, 1.165) is 36.5 Å². The number of hydrogen-bond acceptors (Lipinski definition) is 1. The van der Waals surface area contributed by atoms with E-state index in [0.29, 0.717) is 0 Å². The van der Waals surface area contributed by atoms with Crippen LogP contribution in [-0.4, -0.2) is 13.1 Å². The van der Waals surface area contributed by atoms with Crippen molar-refractivity contribution >= 4 is 16.6 Å². The minimum absolute atomic E-state index is 0.951. The Balaban J connectivity index is 2.25. The topological polar surface area (TPSA) is 12.0 Å². The first-order valence-corrected chi connectivity index (χ1v) is 5.39. The van der Waals surface area contributed by atoms with Crippen LogP contribution in [0.2, 0.25) is 0 Å². The molecular weight excluding hydrogens is 194 g/mol. The molecular formula is C12H14ClN. The first-order chi connectivity index (χ1) is 6.88. The number of rotatable bonds is 1. The molecule has 0 unspecified atom stereocenters. The molecule has 0 aliphatic carbocycles. The molecule has 1 nitrogen and oxygen atoms in total. The molecule has 0 aromatic heterocycles. The lowest BCUT2D eigenvalue weighted by Crippen LogP contribution is -2.23. The van der Waals surface area contributed by atoms with Crippen LogP contribution in [0.1, 0.15) is 18.4 Å². The van der Waals surface area contributed by atoms with Gasteiger partial charge in [0.15, 0.2) is 0 Å². The highest BCUT2D eigenvalue weighted by atomic mass is 35.5. The van der Waals surface area contributed by atoms with Crippen molar-refractivity contribution in [3.8, 4) is 0 Å². The number of piperidine rings is 1. The van der Waals surface area contributed by atoms with E-state index in [1.54, 1.807) is 0 Å². The number of halogens is 1. The second-order valence-corrected chi connectivity index (χ2v) is 3.91. The molecule has 0 atom stereocenters. The fourth-order valence-corrected chi connectivity index (χ4v) is 2.05. The maximum Gasteiger partial charge on any atom is 0.0471 e. The van der Waals surface area contributed by atoms with E-state index in [1.807, 2.05) is 18.2 Å². The Morgan fingerprint density at radius 1 is 1.07 bits per heavy atom. The molecule has 2 heteroatoms. The Morgan fingerprint density at radius 3 is 2.36 bits per heavy atom. The largest absolute Gasteiger partial charge is 0.316 e. The van der Waals surface area contributed by atoms with Gasteiger partial charge in [0, 0.05) is 5.03 Å². The van der Waals surface area contributed by atoms with E-state index < -0.39 is 0 Å². The Labute approximate surface area is 89.8 Å². The first kappa shape index (κ1) is 9.75. The van der Waals surface area contributed by atoms with Crippen molar-refractivity contribution in [1.29, 1.82) is 0 Å². The van der Waals surface area contributed by atoms with Gasteiger partial charge in [0.2, 0.25) is 0 Å². The fraction of sp³-hybridized carbons (Fsp3) is 0.333. The molecule has 1 aliphatic rings. The van der Waals surface area contributed by atoms with E-state index >= 15 is 0 Å². The van der Waals surface area contributed by atoms with Gasteiger partial charge in [-0.15, -0.1) is 0 Å². The summed E-state index contributed by atoms with van der Waals surface area (Å²) in [6.07, 6.45) is 2.15. The molecule has 1 aromatic rings. The van der Waals surface area contributed by atoms with Crippen molar-refractivity contribution in [3.05, 3.63) is 41.5 Å². The van der Waals surface area contributed by atoms with Crippen LogP contribution in [0.3, 0.4) is 0 Å². The molecule has 1 aliphatic heterocycles. The van der Waals surface area contributed by atoms with Crippen molar-refractivity contribution in [1.82, 2.24) is 5.32 Å². The summed E-state index contributed by atoms with van der Waals surface area (Å²) in [5, 5.41) is 4.28. The summed E-state index contributed by atoms with van der Waals surface area (Å²) in [5.41, 5.74) is 2.53. The molecule has 0 saturated carbocycles. The van der Waals surface area contributed by atoms with Crippen molar-refractivity contribution in [2.24, 2.45) is 0 Å². The highest BCUT2D eigenvalue weighted by molar-refractivity contribution is 6.49. The molecule has 1 aromatic carbocycles. The summed E-state index contributed by atoms with van der Waals surface area (Å²) in [7, 11) is 0. The minimum atomic E-state index is 0.951. The van der Waals surface area contributed by atoms with Gasteiger partial charge < -0.3 is 5.32 Å². The smallest absolute Gasteiger partial charge is 0.0471 e. The van der Waals surface area contributed by atoms with E-state index in [1.165, 1.54) is 5.57 Å². The monoisotopic (exact) mass is 207 g/mol. The maximum absolute atomic E-state index is 6.34. The van der Waals surface area contributed by atoms with Gasteiger partial charge in [0.05, 0.1) is 0 Å². The van der Waals surface area contributed by atoms with Crippen LogP contribution in [0.4, 0.5) is 0 Å². The van der Waals surface area contributed by atoms with Gasteiger partial charge >= 0.3 is 0 Å². The summed E-state index contributed by atoms with van der Waals surface area (Å²) in [6.45, 7) is 2.11. The average molecular weight is 208 g/mol. The molecule has 1 saturated heterocycles. The fourth-order valence-electron chi connectivity index (χ4n) is 1.74. The zero-order valence-electron chi connectivity index (χ0n) is 8.09. The lowest BCUT2D eigenvalue weighted by atomic mass is 10.0. The summed E-state index contributed by atoms with van der Waals surface area (Å²) in [6, 6.07) is 10.2. The van der Waals surface area contributed by atoms with Gasteiger partial charge in [-0.2, -0.15) is 0 Å². The van der Waals surface area contributed by atoms with Crippen LogP contribution in [0.25, 0.3) is 5.03 Å². The molecule has 0 radical (unpaired) electrons.